The molecule has 0 saturated heterocycles. The van der Waals surface area contributed by atoms with E-state index in [0.717, 1.165) is 23.7 Å². The van der Waals surface area contributed by atoms with Gasteiger partial charge in [-0.1, -0.05) is 4.49 Å². The van der Waals surface area contributed by atoms with Crippen molar-refractivity contribution in [2.24, 2.45) is 4.99 Å². The number of carbonyl (C=O) groups is 1. The molecule has 0 N–H and O–H groups in total. The first-order valence-corrected chi connectivity index (χ1v) is 6.22. The number of rotatable bonds is 2. The molecule has 0 amide bonds. The third-order valence-corrected chi connectivity index (χ3v) is 2.97. The Morgan fingerprint density at radius 2 is 2.10 bits per heavy atom. The number of aliphatic imine (C=N–C) groups is 1. The zero-order chi connectivity index (χ0) is 14.1. The summed E-state index contributed by atoms with van der Waals surface area (Å²) in [5.41, 5.74) is 0.673. The fourth-order valence-electron chi connectivity index (χ4n) is 1.54. The Kier molecular flexibility index (Phi) is 3.07. The third-order valence-electron chi connectivity index (χ3n) is 2.45. The third kappa shape index (κ3) is 2.32. The summed E-state index contributed by atoms with van der Waals surface area (Å²) in [6.45, 7) is 0. The van der Waals surface area contributed by atoms with Crippen LogP contribution in [-0.4, -0.2) is 21.5 Å². The molecule has 0 fully saturated rings. The topological polar surface area (TPSA) is 64.4 Å². The van der Waals surface area contributed by atoms with Crippen LogP contribution < -0.4 is 0 Å². The van der Waals surface area contributed by atoms with Gasteiger partial charge in [0.25, 0.3) is 0 Å². The molecule has 0 spiro atoms. The summed E-state index contributed by atoms with van der Waals surface area (Å²) in [6, 6.07) is 3.12. The van der Waals surface area contributed by atoms with E-state index >= 15 is 0 Å². The Labute approximate surface area is 115 Å². The van der Waals surface area contributed by atoms with E-state index in [-0.39, 0.29) is 17.2 Å². The molecule has 1 aliphatic rings. The number of esters is 1. The quantitative estimate of drug-likeness (QED) is 0.628. The van der Waals surface area contributed by atoms with Gasteiger partial charge in [-0.15, -0.1) is 5.10 Å². The second kappa shape index (κ2) is 4.89. The number of nitrogens with zero attached hydrogens (tertiary/aromatic N) is 3. The summed E-state index contributed by atoms with van der Waals surface area (Å²) >= 11 is 1.13. The summed E-state index contributed by atoms with van der Waals surface area (Å²) < 4.78 is 34.5. The SMILES string of the molecule is O=C1OC(c2ccc(F)c(F)c2)=N/C1=C\c1csnn1. The summed E-state index contributed by atoms with van der Waals surface area (Å²) in [6.07, 6.45) is 1.40. The van der Waals surface area contributed by atoms with Crippen LogP contribution in [0.5, 0.6) is 0 Å². The second-order valence-electron chi connectivity index (χ2n) is 3.79. The van der Waals surface area contributed by atoms with Crippen LogP contribution in [-0.2, 0) is 9.53 Å². The van der Waals surface area contributed by atoms with Crippen LogP contribution in [0.15, 0.2) is 34.3 Å². The molecule has 1 aromatic heterocycles. The minimum atomic E-state index is -1.04. The molecule has 0 atom stereocenters. The minimum Gasteiger partial charge on any atom is -0.402 e. The Hall–Kier alpha value is -2.48. The Morgan fingerprint density at radius 1 is 1.25 bits per heavy atom. The van der Waals surface area contributed by atoms with E-state index in [4.69, 9.17) is 4.74 Å². The van der Waals surface area contributed by atoms with Gasteiger partial charge in [0.2, 0.25) is 5.90 Å². The van der Waals surface area contributed by atoms with Gasteiger partial charge in [-0.2, -0.15) is 0 Å². The average molecular weight is 293 g/mol. The van der Waals surface area contributed by atoms with E-state index in [1.165, 1.54) is 12.1 Å². The first-order valence-electron chi connectivity index (χ1n) is 5.38. The molecule has 3 rings (SSSR count). The zero-order valence-corrected chi connectivity index (χ0v) is 10.5. The largest absolute Gasteiger partial charge is 0.402 e. The van der Waals surface area contributed by atoms with E-state index < -0.39 is 17.6 Å². The molecule has 1 aromatic carbocycles. The van der Waals surface area contributed by atoms with Gasteiger partial charge in [0.05, 0.1) is 0 Å². The normalized spacial score (nSPS) is 16.4. The summed E-state index contributed by atoms with van der Waals surface area (Å²) in [5.74, 6) is -2.79. The van der Waals surface area contributed by atoms with Crippen molar-refractivity contribution in [3.05, 3.63) is 52.2 Å². The number of halogens is 2. The second-order valence-corrected chi connectivity index (χ2v) is 4.40. The predicted octanol–water partition coefficient (Wildman–Crippen LogP) is 2.16. The number of carbonyl (C=O) groups excluding carboxylic acids is 1. The number of benzene rings is 1. The first kappa shape index (κ1) is 12.5. The highest BCUT2D eigenvalue weighted by Gasteiger charge is 2.25. The molecule has 0 saturated carbocycles. The van der Waals surface area contributed by atoms with Crippen molar-refractivity contribution >= 4 is 29.5 Å². The Morgan fingerprint density at radius 3 is 2.80 bits per heavy atom. The number of ether oxygens (including phenoxy) is 1. The lowest BCUT2D eigenvalue weighted by Gasteiger charge is -1.99. The molecule has 0 bridgehead atoms. The first-order chi connectivity index (χ1) is 9.63. The molecular weight excluding hydrogens is 288 g/mol. The van der Waals surface area contributed by atoms with Crippen molar-refractivity contribution in [3.8, 4) is 0 Å². The molecular formula is C12H5F2N3O2S. The highest BCUT2D eigenvalue weighted by Crippen LogP contribution is 2.19. The number of hydrogen-bond acceptors (Lipinski definition) is 6. The highest BCUT2D eigenvalue weighted by atomic mass is 32.1. The molecule has 0 aliphatic carbocycles. The Balaban J connectivity index is 1.96. The van der Waals surface area contributed by atoms with E-state index in [1.54, 1.807) is 5.38 Å². The number of cyclic esters (lactones) is 1. The molecule has 1 aliphatic heterocycles. The fraction of sp³-hybridized carbons (Fsp3) is 0. The monoisotopic (exact) mass is 293 g/mol. The molecule has 0 radical (unpaired) electrons. The van der Waals surface area contributed by atoms with Crippen molar-refractivity contribution in [2.45, 2.75) is 0 Å². The van der Waals surface area contributed by atoms with Crippen LogP contribution in [0.2, 0.25) is 0 Å². The van der Waals surface area contributed by atoms with Gasteiger partial charge in [0, 0.05) is 10.9 Å². The fourth-order valence-corrected chi connectivity index (χ4v) is 1.95. The highest BCUT2D eigenvalue weighted by molar-refractivity contribution is 7.03. The molecule has 0 unspecified atom stereocenters. The molecule has 8 heteroatoms. The van der Waals surface area contributed by atoms with Crippen molar-refractivity contribution in [2.75, 3.05) is 0 Å². The van der Waals surface area contributed by atoms with Gasteiger partial charge < -0.3 is 4.74 Å². The van der Waals surface area contributed by atoms with E-state index in [1.807, 2.05) is 0 Å². The van der Waals surface area contributed by atoms with Crippen molar-refractivity contribution < 1.29 is 18.3 Å². The number of hydrogen-bond donors (Lipinski definition) is 0. The lowest BCUT2D eigenvalue weighted by molar-refractivity contribution is -0.129. The predicted molar refractivity (Wildman–Crippen MR) is 66.9 cm³/mol. The van der Waals surface area contributed by atoms with Crippen LogP contribution in [0, 0.1) is 11.6 Å². The molecule has 5 nitrogen and oxygen atoms in total. The Bertz CT molecular complexity index is 741. The van der Waals surface area contributed by atoms with Crippen LogP contribution in [0.4, 0.5) is 8.78 Å². The van der Waals surface area contributed by atoms with Crippen LogP contribution in [0.25, 0.3) is 6.08 Å². The maximum absolute atomic E-state index is 13.1. The van der Waals surface area contributed by atoms with Crippen molar-refractivity contribution in [1.29, 1.82) is 0 Å². The minimum absolute atomic E-state index is 0.0254. The number of aromatic nitrogens is 2. The summed E-state index contributed by atoms with van der Waals surface area (Å²) in [5, 5.41) is 5.37. The molecule has 2 heterocycles. The average Bonchev–Trinajstić information content (AvgIpc) is 3.04. The van der Waals surface area contributed by atoms with E-state index in [0.29, 0.717) is 5.69 Å². The van der Waals surface area contributed by atoms with Gasteiger partial charge in [-0.05, 0) is 35.8 Å². The van der Waals surface area contributed by atoms with Gasteiger partial charge in [-0.25, -0.2) is 18.6 Å². The van der Waals surface area contributed by atoms with Crippen molar-refractivity contribution in [3.63, 3.8) is 0 Å². The van der Waals surface area contributed by atoms with E-state index in [2.05, 4.69) is 14.6 Å². The van der Waals surface area contributed by atoms with Gasteiger partial charge in [0.1, 0.15) is 5.69 Å². The van der Waals surface area contributed by atoms with Gasteiger partial charge in [-0.3, -0.25) is 0 Å². The van der Waals surface area contributed by atoms with Crippen LogP contribution >= 0.6 is 11.5 Å². The summed E-state index contributed by atoms with van der Waals surface area (Å²) in [4.78, 5) is 15.6. The van der Waals surface area contributed by atoms with Gasteiger partial charge >= 0.3 is 5.97 Å². The van der Waals surface area contributed by atoms with Gasteiger partial charge in [0.15, 0.2) is 17.3 Å². The maximum atomic E-state index is 13.1. The maximum Gasteiger partial charge on any atom is 0.363 e. The smallest absolute Gasteiger partial charge is 0.363 e. The van der Waals surface area contributed by atoms with E-state index in [9.17, 15) is 13.6 Å². The zero-order valence-electron chi connectivity index (χ0n) is 9.71. The lowest BCUT2D eigenvalue weighted by atomic mass is 10.2. The van der Waals surface area contributed by atoms with Crippen LogP contribution in [0.3, 0.4) is 0 Å². The van der Waals surface area contributed by atoms with Crippen molar-refractivity contribution in [1.82, 2.24) is 9.59 Å². The summed E-state index contributed by atoms with van der Waals surface area (Å²) in [7, 11) is 0. The van der Waals surface area contributed by atoms with Crippen LogP contribution in [0.1, 0.15) is 11.3 Å². The molecule has 2 aromatic rings. The molecule has 100 valence electrons. The molecule has 20 heavy (non-hydrogen) atoms. The lowest BCUT2D eigenvalue weighted by Crippen LogP contribution is -2.06. The standard InChI is InChI=1S/C12H5F2N3O2S/c13-8-2-1-6(3-9(8)14)11-15-10(12(18)19-11)4-7-5-20-17-16-7/h1-5H/b10-4-.